The molecule has 0 spiro atoms. The number of fused-ring (bicyclic) bond motifs is 2. The summed E-state index contributed by atoms with van der Waals surface area (Å²) in [5.41, 5.74) is 29.7. The number of hydrogen-bond donors (Lipinski definition) is 5. The van der Waals surface area contributed by atoms with E-state index in [9.17, 15) is 24.0 Å². The van der Waals surface area contributed by atoms with Gasteiger partial charge in [0.25, 0.3) is 11.8 Å². The van der Waals surface area contributed by atoms with Crippen molar-refractivity contribution in [3.63, 3.8) is 0 Å². The molecule has 6 aromatic carbocycles. The SMILES string of the molecule is CC(C)[C@@H](CC(N)=S)c1ccc(C(=O)NOC2CCCCO2)cc1.CC(C)[C@@H](Cc1nc(-c2cc(-c3ccccc3)no2)cs1)c1ccc(C(=O)NO)cc1.CC(C)[C@@H](N)c1ccc(C(=O)COC2CCCCO2)cc1.CCC(=O)c1cc(-c2ccccc2)no1.O=C(N=C=S)OCC1C2=C(C=C[C+]=C2)c2ccccc21. The highest BCUT2D eigenvalue weighted by Gasteiger charge is 2.36. The first-order valence-corrected chi connectivity index (χ1v) is 38.9. The average Bonchev–Trinajstić information content (AvgIpc) is 1.61. The van der Waals surface area contributed by atoms with Crippen LogP contribution in [0.4, 0.5) is 4.79 Å². The monoisotopic (exact) mass is 1560 g/mol. The average molecular weight is 1560 g/mol. The van der Waals surface area contributed by atoms with Crippen molar-refractivity contribution < 1.29 is 62.0 Å². The number of benzene rings is 6. The number of ketones is 2. The molecule has 6 atom stereocenters. The number of allylic oxidation sites excluding steroid dienone is 5. The molecule has 0 bridgehead atoms. The number of amides is 3. The molecule has 2 fully saturated rings. The van der Waals surface area contributed by atoms with E-state index in [1.807, 2.05) is 156 Å². The van der Waals surface area contributed by atoms with Gasteiger partial charge in [0, 0.05) is 102 Å². The highest BCUT2D eigenvalue weighted by Crippen LogP contribution is 2.45. The van der Waals surface area contributed by atoms with Crippen LogP contribution in [0.1, 0.15) is 198 Å². The lowest BCUT2D eigenvalue weighted by molar-refractivity contribution is -0.186. The second-order valence-electron chi connectivity index (χ2n) is 27.7. The molecule has 0 saturated carbocycles. The summed E-state index contributed by atoms with van der Waals surface area (Å²) in [6, 6.07) is 53.6. The Morgan fingerprint density at radius 2 is 1.26 bits per heavy atom. The van der Waals surface area contributed by atoms with Crippen LogP contribution in [-0.2, 0) is 30.2 Å². The van der Waals surface area contributed by atoms with Crippen LogP contribution in [0.15, 0.2) is 213 Å². The summed E-state index contributed by atoms with van der Waals surface area (Å²) in [6.07, 6.45) is 15.5. The summed E-state index contributed by atoms with van der Waals surface area (Å²) in [7, 11) is 0. The first-order chi connectivity index (χ1) is 53.7. The highest BCUT2D eigenvalue weighted by atomic mass is 32.1. The van der Waals surface area contributed by atoms with Crippen LogP contribution in [0.5, 0.6) is 0 Å². The van der Waals surface area contributed by atoms with E-state index in [0.717, 1.165) is 107 Å². The summed E-state index contributed by atoms with van der Waals surface area (Å²) < 4.78 is 32.0. The molecular formula is C87H95N8O13S3+. The molecule has 2 aliphatic heterocycles. The first kappa shape index (κ1) is 84.7. The summed E-state index contributed by atoms with van der Waals surface area (Å²) in [5, 5.41) is 21.9. The Hall–Kier alpha value is -10.3. The molecule has 5 heterocycles. The fourth-order valence-corrected chi connectivity index (χ4v) is 13.7. The van der Waals surface area contributed by atoms with Crippen molar-refractivity contribution in [1.29, 1.82) is 0 Å². The van der Waals surface area contributed by atoms with Crippen LogP contribution < -0.4 is 22.4 Å². The van der Waals surface area contributed by atoms with Gasteiger partial charge in [-0.1, -0.05) is 204 Å². The van der Waals surface area contributed by atoms with E-state index in [-0.39, 0.29) is 67.1 Å². The van der Waals surface area contributed by atoms with E-state index in [4.69, 9.17) is 66.7 Å². The normalized spacial score (nSPS) is 16.0. The number of carbonyl (C=O) groups is 5. The Morgan fingerprint density at radius 1 is 0.685 bits per heavy atom. The number of isothiocyanates is 1. The lowest BCUT2D eigenvalue weighted by Gasteiger charge is -2.22. The third-order valence-corrected chi connectivity index (χ3v) is 20.1. The summed E-state index contributed by atoms with van der Waals surface area (Å²) >= 11 is 11.0. The number of rotatable bonds is 25. The van der Waals surface area contributed by atoms with Crippen molar-refractivity contribution in [3.05, 3.63) is 260 Å². The van der Waals surface area contributed by atoms with Crippen molar-refractivity contribution in [3.8, 4) is 34.0 Å². The Kier molecular flexibility index (Phi) is 33.1. The smallest absolute Gasteiger partial charge is 0.442 e. The molecule has 21 nitrogen and oxygen atoms in total. The zero-order chi connectivity index (χ0) is 79.2. The van der Waals surface area contributed by atoms with Gasteiger partial charge in [-0.3, -0.25) is 24.4 Å². The van der Waals surface area contributed by atoms with Crippen molar-refractivity contribution in [2.75, 3.05) is 26.4 Å². The largest absolute Gasteiger partial charge is 0.445 e. The van der Waals surface area contributed by atoms with Crippen LogP contribution in [-0.4, -0.2) is 99.1 Å². The number of ether oxygens (including phenoxy) is 4. The van der Waals surface area contributed by atoms with Gasteiger partial charge in [0.05, 0.1) is 38.3 Å². The molecule has 13 rings (SSSR count). The molecule has 7 N–H and O–H groups in total. The van der Waals surface area contributed by atoms with Gasteiger partial charge < -0.3 is 39.5 Å². The minimum absolute atomic E-state index is 0.000964. The van der Waals surface area contributed by atoms with Crippen LogP contribution >= 0.6 is 35.8 Å². The zero-order valence-corrected chi connectivity index (χ0v) is 65.8. The van der Waals surface area contributed by atoms with E-state index in [1.54, 1.807) is 54.1 Å². The second kappa shape index (κ2) is 43.3. The first-order valence-electron chi connectivity index (χ1n) is 37.2. The number of aromatic nitrogens is 3. The molecule has 3 amide bonds. The lowest BCUT2D eigenvalue weighted by Crippen LogP contribution is -2.33. The predicted octanol–water partition coefficient (Wildman–Crippen LogP) is 18.6. The fourth-order valence-electron chi connectivity index (χ4n) is 12.6. The molecule has 4 aliphatic rings. The van der Waals surface area contributed by atoms with Crippen molar-refractivity contribution in [1.82, 2.24) is 26.3 Å². The predicted molar refractivity (Wildman–Crippen MR) is 436 cm³/mol. The van der Waals surface area contributed by atoms with Crippen LogP contribution in [0, 0.1) is 23.8 Å². The van der Waals surface area contributed by atoms with Crippen LogP contribution in [0.2, 0.25) is 0 Å². The van der Waals surface area contributed by atoms with Crippen molar-refractivity contribution in [2.45, 2.75) is 143 Å². The van der Waals surface area contributed by atoms with Gasteiger partial charge >= 0.3 is 6.09 Å². The lowest BCUT2D eigenvalue weighted by atomic mass is 9.85. The number of aliphatic imine (C=N–C) groups is 1. The van der Waals surface area contributed by atoms with Gasteiger partial charge in [-0.2, -0.15) is 0 Å². The van der Waals surface area contributed by atoms with E-state index in [0.29, 0.717) is 76.1 Å². The van der Waals surface area contributed by atoms with Gasteiger partial charge in [-0.05, 0) is 120 Å². The van der Waals surface area contributed by atoms with Crippen molar-refractivity contribution in [2.24, 2.45) is 34.2 Å². The molecule has 3 unspecified atom stereocenters. The van der Waals surface area contributed by atoms with Gasteiger partial charge in [-0.25, -0.2) is 25.6 Å². The molecule has 2 saturated heterocycles. The molecule has 578 valence electrons. The Bertz CT molecular complexity index is 4650. The number of nitrogens with zero attached hydrogens (tertiary/aromatic N) is 4. The summed E-state index contributed by atoms with van der Waals surface area (Å²) in [4.78, 5) is 72.3. The van der Waals surface area contributed by atoms with E-state index in [2.05, 4.69) is 92.8 Å². The molecular weight excluding hydrogens is 1460 g/mol. The maximum Gasteiger partial charge on any atom is 0.442 e. The number of Topliss-reactive ketones (excluding diaryl/α,β-unsaturated/α-hetero) is 2. The number of nitrogens with two attached hydrogens (primary N) is 2. The van der Waals surface area contributed by atoms with Gasteiger partial charge in [0.2, 0.25) is 11.5 Å². The van der Waals surface area contributed by atoms with E-state index >= 15 is 0 Å². The second-order valence-corrected chi connectivity index (χ2v) is 29.4. The molecule has 24 heteroatoms. The Morgan fingerprint density at radius 3 is 1.85 bits per heavy atom. The topological polar surface area (TPSA) is 305 Å². The van der Waals surface area contributed by atoms with Crippen LogP contribution in [0.25, 0.3) is 39.5 Å². The number of thiocarbonyl (C=S) groups is 2. The third kappa shape index (κ3) is 25.1. The van der Waals surface area contributed by atoms with Gasteiger partial charge in [-0.15, -0.1) is 16.3 Å². The molecule has 9 aromatic rings. The number of nitrogens with one attached hydrogen (secondary N) is 2. The quantitative estimate of drug-likeness (QED) is 0.00886. The van der Waals surface area contributed by atoms with Crippen LogP contribution in [0.3, 0.4) is 0 Å². The molecule has 2 aliphatic carbocycles. The molecule has 3 aromatic heterocycles. The number of hydrogen-bond acceptors (Lipinski definition) is 20. The summed E-state index contributed by atoms with van der Waals surface area (Å²) in [5.74, 6) is 1.85. The third-order valence-electron chi connectivity index (χ3n) is 19.0. The van der Waals surface area contributed by atoms with Gasteiger partial charge in [0.15, 0.2) is 24.1 Å². The van der Waals surface area contributed by atoms with E-state index < -0.39 is 12.0 Å². The standard InChI is InChI=1S/C24H23N3O3S.C18H26N2O3S.C17H25NO3.C16H10NO2S.C12H11NO2/c1-15(2)19(16-8-10-18(11-9-16)24(28)26-29)12-23-25-21(14-31-23)22-13-20(27-30-22)17-6-4-3-5-7-17;1-12(2)15(11-16(19)24)13-6-8-14(9-7-13)18(21)20-23-17-5-3-4-10-22-17;1-12(2)17(18)14-8-6-13(7-9-14)15(19)11-21-16-5-3-4-10-20-16;18-16(17-10-20)19-9-15-13-7-3-1-5-11(13)12-6-2-4-8-14(12)15;1-2-11(14)12-8-10(13-15-12)9-6-4-3-5-7-9/h3-11,13-15,19,29H,12H2,1-2H3,(H,26,28);6-9,12,15,17H,3-5,10-11H2,1-2H3,(H2,19,24)(H,20,21);6-9,12,16-17H,3-5,10-11,18H2,1-2H3;1-3,5-8,15H,9H2;3-8H,2H2,1H3/q;;;+1;/t19-;15-,17?;16?,17-;;/m111../s1. The minimum atomic E-state index is -0.703. The zero-order valence-electron chi connectivity index (χ0n) is 63.4. The number of carbonyl (C=O) groups excluding carboxylic acids is 5. The minimum Gasteiger partial charge on any atom is -0.445 e. The number of thiazole rings is 1. The highest BCUT2D eigenvalue weighted by molar-refractivity contribution is 7.80. The Labute approximate surface area is 662 Å². The Balaban J connectivity index is 0.000000162. The maximum atomic E-state index is 12.1. The van der Waals surface area contributed by atoms with Gasteiger partial charge in [0.1, 0.15) is 42.4 Å². The molecule has 0 radical (unpaired) electrons. The van der Waals surface area contributed by atoms with E-state index in [1.165, 1.54) is 11.1 Å². The summed E-state index contributed by atoms with van der Waals surface area (Å²) in [6.45, 7) is 16.3. The number of hydroxylamine groups is 2. The fraction of sp³-hybridized carbons (Fsp3) is 0.333. The molecule has 111 heavy (non-hydrogen) atoms. The maximum absolute atomic E-state index is 12.1. The van der Waals surface area contributed by atoms with Crippen molar-refractivity contribution >= 4 is 81.0 Å².